The number of rotatable bonds is 4. The van der Waals surface area contributed by atoms with E-state index < -0.39 is 11.7 Å². The monoisotopic (exact) mass is 378 g/mol. The Bertz CT molecular complexity index is 847. The number of amides is 1. The molecule has 8 heteroatoms. The first-order valence-corrected chi connectivity index (χ1v) is 9.00. The van der Waals surface area contributed by atoms with Crippen molar-refractivity contribution in [1.29, 1.82) is 0 Å². The standard InChI is InChI=1S/C19H21F3N4O/c1-26-10-11(7-24-26)14-8-23-9-15(14)18(27)25-17-6-13(17)12-4-2-3-5-16(12)19(20,21)22/h2-5,7,10,13-15,17,23H,6,8-9H2,1H3,(H,25,27)/t13?,14-,15+,17?/m1/s1. The highest BCUT2D eigenvalue weighted by Crippen LogP contribution is 2.46. The fourth-order valence-electron chi connectivity index (χ4n) is 4.00. The van der Waals surface area contributed by atoms with E-state index >= 15 is 0 Å². The zero-order chi connectivity index (χ0) is 19.2. The van der Waals surface area contributed by atoms with Crippen molar-refractivity contribution < 1.29 is 18.0 Å². The van der Waals surface area contributed by atoms with Crippen LogP contribution in [0.4, 0.5) is 13.2 Å². The lowest BCUT2D eigenvalue weighted by molar-refractivity contribution is -0.138. The van der Waals surface area contributed by atoms with Crippen LogP contribution < -0.4 is 10.6 Å². The van der Waals surface area contributed by atoms with Crippen LogP contribution in [0, 0.1) is 5.92 Å². The summed E-state index contributed by atoms with van der Waals surface area (Å²) >= 11 is 0. The number of hydrogen-bond donors (Lipinski definition) is 2. The van der Waals surface area contributed by atoms with Crippen LogP contribution in [-0.4, -0.2) is 34.8 Å². The first-order chi connectivity index (χ1) is 12.8. The summed E-state index contributed by atoms with van der Waals surface area (Å²) in [6.45, 7) is 1.25. The van der Waals surface area contributed by atoms with Gasteiger partial charge in [-0.05, 0) is 23.6 Å². The Balaban J connectivity index is 1.43. The Morgan fingerprint density at radius 3 is 2.74 bits per heavy atom. The summed E-state index contributed by atoms with van der Waals surface area (Å²) < 4.78 is 41.3. The minimum Gasteiger partial charge on any atom is -0.352 e. The lowest BCUT2D eigenvalue weighted by atomic mass is 9.90. The maximum atomic E-state index is 13.2. The molecule has 2 unspecified atom stereocenters. The van der Waals surface area contributed by atoms with Crippen LogP contribution in [0.3, 0.4) is 0 Å². The van der Waals surface area contributed by atoms with E-state index in [-0.39, 0.29) is 35.3 Å². The molecule has 27 heavy (non-hydrogen) atoms. The highest BCUT2D eigenvalue weighted by Gasteiger charge is 2.46. The van der Waals surface area contributed by atoms with Gasteiger partial charge in [0, 0.05) is 44.2 Å². The van der Waals surface area contributed by atoms with Crippen molar-refractivity contribution in [1.82, 2.24) is 20.4 Å². The fourth-order valence-corrected chi connectivity index (χ4v) is 4.00. The zero-order valence-corrected chi connectivity index (χ0v) is 14.8. The number of halogens is 3. The fraction of sp³-hybridized carbons (Fsp3) is 0.474. The summed E-state index contributed by atoms with van der Waals surface area (Å²) in [6.07, 6.45) is -0.181. The molecule has 2 aromatic rings. The number of nitrogens with zero attached hydrogens (tertiary/aromatic N) is 2. The van der Waals surface area contributed by atoms with Crippen LogP contribution in [0.15, 0.2) is 36.7 Å². The van der Waals surface area contributed by atoms with Gasteiger partial charge in [-0.2, -0.15) is 18.3 Å². The van der Waals surface area contributed by atoms with E-state index in [4.69, 9.17) is 0 Å². The van der Waals surface area contributed by atoms with Gasteiger partial charge in [0.05, 0.1) is 17.7 Å². The van der Waals surface area contributed by atoms with Gasteiger partial charge >= 0.3 is 6.18 Å². The topological polar surface area (TPSA) is 59.0 Å². The van der Waals surface area contributed by atoms with E-state index in [0.29, 0.717) is 19.5 Å². The van der Waals surface area contributed by atoms with Gasteiger partial charge in [-0.3, -0.25) is 9.48 Å². The van der Waals surface area contributed by atoms with Gasteiger partial charge in [0.1, 0.15) is 0 Å². The molecule has 0 bridgehead atoms. The molecule has 1 saturated heterocycles. The quantitative estimate of drug-likeness (QED) is 0.859. The molecule has 1 amide bonds. The van der Waals surface area contributed by atoms with Gasteiger partial charge in [0.2, 0.25) is 5.91 Å². The van der Waals surface area contributed by atoms with Crippen LogP contribution in [0.2, 0.25) is 0 Å². The average molecular weight is 378 g/mol. The largest absolute Gasteiger partial charge is 0.416 e. The average Bonchev–Trinajstić information content (AvgIpc) is 3.02. The normalized spacial score (nSPS) is 27.6. The Morgan fingerprint density at radius 2 is 2.04 bits per heavy atom. The number of aromatic nitrogens is 2. The molecule has 2 fully saturated rings. The van der Waals surface area contributed by atoms with Crippen molar-refractivity contribution in [3.05, 3.63) is 53.3 Å². The van der Waals surface area contributed by atoms with Crippen LogP contribution in [0.25, 0.3) is 0 Å². The Labute approximate surface area is 154 Å². The summed E-state index contributed by atoms with van der Waals surface area (Å²) in [5, 5.41) is 10.3. The van der Waals surface area contributed by atoms with Crippen molar-refractivity contribution in [3.8, 4) is 0 Å². The third-order valence-electron chi connectivity index (χ3n) is 5.49. The molecule has 1 aromatic heterocycles. The van der Waals surface area contributed by atoms with Gasteiger partial charge in [-0.15, -0.1) is 0 Å². The number of carbonyl (C=O) groups is 1. The molecule has 2 heterocycles. The predicted molar refractivity (Wildman–Crippen MR) is 93.0 cm³/mol. The third-order valence-corrected chi connectivity index (χ3v) is 5.49. The van der Waals surface area contributed by atoms with E-state index in [1.807, 2.05) is 13.2 Å². The molecule has 1 saturated carbocycles. The number of alkyl halides is 3. The van der Waals surface area contributed by atoms with Gasteiger partial charge in [-0.1, -0.05) is 18.2 Å². The van der Waals surface area contributed by atoms with Gasteiger partial charge in [0.15, 0.2) is 0 Å². The van der Waals surface area contributed by atoms with Crippen molar-refractivity contribution in [2.75, 3.05) is 13.1 Å². The second-order valence-corrected chi connectivity index (χ2v) is 7.36. The highest BCUT2D eigenvalue weighted by atomic mass is 19.4. The number of nitrogens with one attached hydrogen (secondary N) is 2. The smallest absolute Gasteiger partial charge is 0.352 e. The maximum absolute atomic E-state index is 13.2. The molecule has 144 valence electrons. The maximum Gasteiger partial charge on any atom is 0.416 e. The summed E-state index contributed by atoms with van der Waals surface area (Å²) in [4.78, 5) is 12.7. The second kappa shape index (κ2) is 6.67. The first kappa shape index (κ1) is 18.0. The first-order valence-electron chi connectivity index (χ1n) is 9.00. The lowest BCUT2D eigenvalue weighted by Crippen LogP contribution is -2.36. The molecule has 4 atom stereocenters. The molecule has 2 aliphatic rings. The lowest BCUT2D eigenvalue weighted by Gasteiger charge is -2.17. The Kier molecular flexibility index (Phi) is 4.46. The summed E-state index contributed by atoms with van der Waals surface area (Å²) in [6, 6.07) is 5.38. The molecule has 1 aliphatic carbocycles. The van der Waals surface area contributed by atoms with E-state index in [9.17, 15) is 18.0 Å². The van der Waals surface area contributed by atoms with Crippen LogP contribution >= 0.6 is 0 Å². The molecular formula is C19H21F3N4O. The molecule has 0 spiro atoms. The summed E-state index contributed by atoms with van der Waals surface area (Å²) in [5.74, 6) is -0.601. The van der Waals surface area contributed by atoms with Gasteiger partial charge in [-0.25, -0.2) is 0 Å². The highest BCUT2D eigenvalue weighted by molar-refractivity contribution is 5.81. The van der Waals surface area contributed by atoms with Gasteiger partial charge < -0.3 is 10.6 Å². The zero-order valence-electron chi connectivity index (χ0n) is 14.8. The number of carbonyl (C=O) groups excluding carboxylic acids is 1. The van der Waals surface area contributed by atoms with Crippen LogP contribution in [0.1, 0.15) is 34.9 Å². The summed E-state index contributed by atoms with van der Waals surface area (Å²) in [7, 11) is 1.83. The molecule has 5 nitrogen and oxygen atoms in total. The SMILES string of the molecule is Cn1cc([C@H]2CNC[C@@H]2C(=O)NC2CC2c2ccccc2C(F)(F)F)cn1. The number of benzene rings is 1. The Hall–Kier alpha value is -2.35. The van der Waals surface area contributed by atoms with Crippen molar-refractivity contribution >= 4 is 5.91 Å². The number of aryl methyl sites for hydroxylation is 1. The Morgan fingerprint density at radius 1 is 1.26 bits per heavy atom. The minimum absolute atomic E-state index is 0.0263. The van der Waals surface area contributed by atoms with Crippen molar-refractivity contribution in [3.63, 3.8) is 0 Å². The van der Waals surface area contributed by atoms with Crippen molar-refractivity contribution in [2.45, 2.75) is 30.5 Å². The second-order valence-electron chi connectivity index (χ2n) is 7.36. The van der Waals surface area contributed by atoms with Crippen LogP contribution in [0.5, 0.6) is 0 Å². The van der Waals surface area contributed by atoms with E-state index in [1.165, 1.54) is 12.1 Å². The molecule has 4 rings (SSSR count). The van der Waals surface area contributed by atoms with E-state index in [0.717, 1.165) is 11.6 Å². The number of hydrogen-bond acceptors (Lipinski definition) is 3. The molecule has 1 aliphatic heterocycles. The van der Waals surface area contributed by atoms with Crippen molar-refractivity contribution in [2.24, 2.45) is 13.0 Å². The van der Waals surface area contributed by atoms with Crippen LogP contribution in [-0.2, 0) is 18.0 Å². The van der Waals surface area contributed by atoms with E-state index in [1.54, 1.807) is 16.9 Å². The predicted octanol–water partition coefficient (Wildman–Crippen LogP) is 2.41. The minimum atomic E-state index is -4.38. The summed E-state index contributed by atoms with van der Waals surface area (Å²) in [5.41, 5.74) is 0.656. The van der Waals surface area contributed by atoms with Gasteiger partial charge in [0.25, 0.3) is 0 Å². The molecule has 1 aromatic carbocycles. The van der Waals surface area contributed by atoms with E-state index in [2.05, 4.69) is 15.7 Å². The molecule has 0 radical (unpaired) electrons. The molecular weight excluding hydrogens is 357 g/mol. The molecule has 2 N–H and O–H groups in total. The third kappa shape index (κ3) is 3.58.